The van der Waals surface area contributed by atoms with Crippen molar-refractivity contribution in [1.29, 1.82) is 0 Å². The molecule has 1 heterocycles. The summed E-state index contributed by atoms with van der Waals surface area (Å²) in [6.45, 7) is 6.87. The van der Waals surface area contributed by atoms with Crippen LogP contribution in [0.25, 0.3) is 0 Å². The molecule has 1 aromatic rings. The van der Waals surface area contributed by atoms with Gasteiger partial charge in [0.25, 0.3) is 0 Å². The SMILES string of the molecule is C=C[C@@H]1CNCCN1c1ccc(Cl)cc1. The maximum absolute atomic E-state index is 5.87. The number of rotatable bonds is 2. The van der Waals surface area contributed by atoms with Crippen molar-refractivity contribution in [1.82, 2.24) is 5.32 Å². The van der Waals surface area contributed by atoms with E-state index in [1.807, 2.05) is 18.2 Å². The number of nitrogens with one attached hydrogen (secondary N) is 1. The Morgan fingerprint density at radius 1 is 1.40 bits per heavy atom. The van der Waals surface area contributed by atoms with E-state index in [9.17, 15) is 0 Å². The smallest absolute Gasteiger partial charge is 0.0595 e. The zero-order valence-electron chi connectivity index (χ0n) is 8.62. The molecule has 1 aliphatic heterocycles. The lowest BCUT2D eigenvalue weighted by Gasteiger charge is -2.36. The van der Waals surface area contributed by atoms with Gasteiger partial charge in [-0.1, -0.05) is 17.7 Å². The van der Waals surface area contributed by atoms with Gasteiger partial charge in [-0.05, 0) is 24.3 Å². The van der Waals surface area contributed by atoms with Crippen molar-refractivity contribution < 1.29 is 0 Å². The third-order valence-corrected chi connectivity index (χ3v) is 2.97. The van der Waals surface area contributed by atoms with Crippen molar-refractivity contribution in [3.8, 4) is 0 Å². The number of hydrogen-bond donors (Lipinski definition) is 1. The van der Waals surface area contributed by atoms with E-state index in [1.165, 1.54) is 5.69 Å². The van der Waals surface area contributed by atoms with E-state index < -0.39 is 0 Å². The minimum atomic E-state index is 0.375. The van der Waals surface area contributed by atoms with Crippen LogP contribution in [0, 0.1) is 0 Å². The number of anilines is 1. The van der Waals surface area contributed by atoms with Crippen molar-refractivity contribution in [3.05, 3.63) is 41.9 Å². The summed E-state index contributed by atoms with van der Waals surface area (Å²) in [5.41, 5.74) is 1.21. The molecule has 2 rings (SSSR count). The number of piperazine rings is 1. The number of hydrogen-bond acceptors (Lipinski definition) is 2. The van der Waals surface area contributed by atoms with E-state index in [1.54, 1.807) is 0 Å². The zero-order valence-corrected chi connectivity index (χ0v) is 9.37. The van der Waals surface area contributed by atoms with Gasteiger partial charge in [-0.15, -0.1) is 6.58 Å². The molecule has 0 aromatic heterocycles. The third kappa shape index (κ3) is 2.33. The first-order valence-electron chi connectivity index (χ1n) is 5.17. The third-order valence-electron chi connectivity index (χ3n) is 2.71. The molecule has 15 heavy (non-hydrogen) atoms. The van der Waals surface area contributed by atoms with Crippen LogP contribution in [-0.2, 0) is 0 Å². The van der Waals surface area contributed by atoms with Crippen molar-refractivity contribution in [2.24, 2.45) is 0 Å². The Hall–Kier alpha value is -0.990. The first-order chi connectivity index (χ1) is 7.31. The lowest BCUT2D eigenvalue weighted by Crippen LogP contribution is -2.50. The molecule has 1 atom stereocenters. The molecule has 1 saturated heterocycles. The molecule has 0 spiro atoms. The summed E-state index contributed by atoms with van der Waals surface area (Å²) in [6, 6.07) is 8.35. The molecular formula is C12H15ClN2. The molecule has 3 heteroatoms. The van der Waals surface area contributed by atoms with Gasteiger partial charge in [-0.25, -0.2) is 0 Å². The van der Waals surface area contributed by atoms with Gasteiger partial charge >= 0.3 is 0 Å². The second-order valence-electron chi connectivity index (χ2n) is 3.68. The highest BCUT2D eigenvalue weighted by Crippen LogP contribution is 2.21. The van der Waals surface area contributed by atoms with Gasteiger partial charge in [-0.2, -0.15) is 0 Å². The fourth-order valence-electron chi connectivity index (χ4n) is 1.89. The molecule has 2 nitrogen and oxygen atoms in total. The highest BCUT2D eigenvalue weighted by Gasteiger charge is 2.19. The molecule has 1 N–H and O–H groups in total. The van der Waals surface area contributed by atoms with Crippen LogP contribution in [0.4, 0.5) is 5.69 Å². The van der Waals surface area contributed by atoms with Crippen LogP contribution in [0.3, 0.4) is 0 Å². The highest BCUT2D eigenvalue weighted by molar-refractivity contribution is 6.30. The zero-order chi connectivity index (χ0) is 10.7. The molecule has 1 fully saturated rings. The molecule has 1 aromatic carbocycles. The predicted molar refractivity (Wildman–Crippen MR) is 65.7 cm³/mol. The van der Waals surface area contributed by atoms with Crippen LogP contribution in [0.15, 0.2) is 36.9 Å². The van der Waals surface area contributed by atoms with Crippen LogP contribution in [0.2, 0.25) is 5.02 Å². The largest absolute Gasteiger partial charge is 0.363 e. The topological polar surface area (TPSA) is 15.3 Å². The molecule has 0 saturated carbocycles. The maximum atomic E-state index is 5.87. The lowest BCUT2D eigenvalue weighted by atomic mass is 10.1. The fourth-order valence-corrected chi connectivity index (χ4v) is 2.02. The average molecular weight is 223 g/mol. The first kappa shape index (κ1) is 10.5. The second-order valence-corrected chi connectivity index (χ2v) is 4.11. The van der Waals surface area contributed by atoms with Crippen LogP contribution >= 0.6 is 11.6 Å². The summed E-state index contributed by atoms with van der Waals surface area (Å²) < 4.78 is 0. The quantitative estimate of drug-likeness (QED) is 0.773. The van der Waals surface area contributed by atoms with E-state index in [2.05, 4.69) is 28.9 Å². The lowest BCUT2D eigenvalue weighted by molar-refractivity contribution is 0.530. The Balaban J connectivity index is 2.20. The first-order valence-corrected chi connectivity index (χ1v) is 5.54. The van der Waals surface area contributed by atoms with Gasteiger partial charge in [0.2, 0.25) is 0 Å². The molecule has 80 valence electrons. The highest BCUT2D eigenvalue weighted by atomic mass is 35.5. The summed E-state index contributed by atoms with van der Waals surface area (Å²) in [5.74, 6) is 0. The Morgan fingerprint density at radius 2 is 2.13 bits per heavy atom. The van der Waals surface area contributed by atoms with E-state index in [4.69, 9.17) is 11.6 Å². The average Bonchev–Trinajstić information content (AvgIpc) is 2.30. The number of benzene rings is 1. The molecule has 0 amide bonds. The summed E-state index contributed by atoms with van der Waals surface area (Å²) in [6.07, 6.45) is 1.99. The Morgan fingerprint density at radius 3 is 2.80 bits per heavy atom. The van der Waals surface area contributed by atoms with E-state index in [0.717, 1.165) is 24.7 Å². The summed E-state index contributed by atoms with van der Waals surface area (Å²) in [4.78, 5) is 2.35. The fraction of sp³-hybridized carbons (Fsp3) is 0.333. The Bertz CT molecular complexity index is 334. The molecular weight excluding hydrogens is 208 g/mol. The van der Waals surface area contributed by atoms with Gasteiger partial charge < -0.3 is 10.2 Å². The number of nitrogens with zero attached hydrogens (tertiary/aromatic N) is 1. The van der Waals surface area contributed by atoms with Crippen LogP contribution < -0.4 is 10.2 Å². The van der Waals surface area contributed by atoms with Gasteiger partial charge in [0.15, 0.2) is 0 Å². The predicted octanol–water partition coefficient (Wildman–Crippen LogP) is 2.30. The van der Waals surface area contributed by atoms with E-state index >= 15 is 0 Å². The molecule has 0 aliphatic carbocycles. The van der Waals surface area contributed by atoms with Gasteiger partial charge in [0.05, 0.1) is 6.04 Å². The second kappa shape index (κ2) is 4.69. The number of halogens is 1. The molecule has 0 bridgehead atoms. The van der Waals surface area contributed by atoms with Crippen molar-refractivity contribution in [2.45, 2.75) is 6.04 Å². The Kier molecular flexibility index (Phi) is 3.29. The minimum absolute atomic E-state index is 0.375. The van der Waals surface area contributed by atoms with Crippen molar-refractivity contribution >= 4 is 17.3 Å². The van der Waals surface area contributed by atoms with Gasteiger partial charge in [0, 0.05) is 30.3 Å². The van der Waals surface area contributed by atoms with Crippen molar-refractivity contribution in [3.63, 3.8) is 0 Å². The molecule has 0 unspecified atom stereocenters. The summed E-state index contributed by atoms with van der Waals surface area (Å²) in [7, 11) is 0. The van der Waals surface area contributed by atoms with Crippen LogP contribution in [0.1, 0.15) is 0 Å². The monoisotopic (exact) mass is 222 g/mol. The normalized spacial score (nSPS) is 21.4. The van der Waals surface area contributed by atoms with E-state index in [0.29, 0.717) is 6.04 Å². The molecule has 0 radical (unpaired) electrons. The summed E-state index contributed by atoms with van der Waals surface area (Å²) >= 11 is 5.87. The van der Waals surface area contributed by atoms with E-state index in [-0.39, 0.29) is 0 Å². The Labute approximate surface area is 95.5 Å². The molecule has 1 aliphatic rings. The van der Waals surface area contributed by atoms with Crippen LogP contribution in [-0.4, -0.2) is 25.7 Å². The van der Waals surface area contributed by atoms with Crippen LogP contribution in [0.5, 0.6) is 0 Å². The van der Waals surface area contributed by atoms with Gasteiger partial charge in [0.1, 0.15) is 0 Å². The minimum Gasteiger partial charge on any atom is -0.363 e. The summed E-state index contributed by atoms with van der Waals surface area (Å²) in [5, 5.41) is 4.14. The van der Waals surface area contributed by atoms with Gasteiger partial charge in [-0.3, -0.25) is 0 Å². The van der Waals surface area contributed by atoms with Crippen molar-refractivity contribution in [2.75, 3.05) is 24.5 Å². The maximum Gasteiger partial charge on any atom is 0.0595 e. The standard InChI is InChI=1S/C12H15ClN2/c1-2-11-9-14-7-8-15(11)12-5-3-10(13)4-6-12/h2-6,11,14H,1,7-9H2/t11-/m1/s1.